The zero-order valence-corrected chi connectivity index (χ0v) is 16.3. The summed E-state index contributed by atoms with van der Waals surface area (Å²) < 4.78 is 9.35. The first-order chi connectivity index (χ1) is 7.27. The fourth-order valence-corrected chi connectivity index (χ4v) is 1.71. The molecule has 0 saturated heterocycles. The zero-order valence-electron chi connectivity index (χ0n) is 11.6. The Bertz CT molecular complexity index is 258. The van der Waals surface area contributed by atoms with Crippen molar-refractivity contribution >= 4 is 0 Å². The van der Waals surface area contributed by atoms with Crippen LogP contribution in [-0.4, -0.2) is 20.5 Å². The van der Waals surface area contributed by atoms with Gasteiger partial charge in [-0.1, -0.05) is 25.7 Å². The summed E-state index contributed by atoms with van der Waals surface area (Å²) in [6.45, 7) is 1.83. The van der Waals surface area contributed by atoms with Crippen LogP contribution >= 0.6 is 0 Å². The maximum atomic E-state index is 4.68. The van der Waals surface area contributed by atoms with E-state index in [9.17, 15) is 0 Å². The predicted octanol–water partition coefficient (Wildman–Crippen LogP) is -6.08. The van der Waals surface area contributed by atoms with Gasteiger partial charge in [-0.2, -0.15) is 23.3 Å². The fraction of sp³-hybridized carbons (Fsp3) is 0.615. The molecule has 0 heterocycles. The topological polar surface area (TPSA) is 18.5 Å². The largest absolute Gasteiger partial charge is 4.00 e. The first-order valence-corrected chi connectivity index (χ1v) is 5.57. The minimum atomic E-state index is -0.0648. The number of hydrogen-bond donors (Lipinski definition) is 0. The van der Waals surface area contributed by atoms with Gasteiger partial charge in [-0.15, -0.1) is 0 Å². The van der Waals surface area contributed by atoms with Gasteiger partial charge < -0.3 is 46.7 Å². The minimum Gasteiger partial charge on any atom is -1.00 e. The van der Waals surface area contributed by atoms with Gasteiger partial charge in [-0.3, -0.25) is 0 Å². The molecule has 0 unspecified atom stereocenters. The van der Waals surface area contributed by atoms with E-state index in [4.69, 9.17) is 0 Å². The Morgan fingerprint density at radius 3 is 2.00 bits per heavy atom. The standard InChI is InChI=1S/C9H11.C4H10O2.3ClH.Zr/c1-2-5-9-7-3-6-8(9)4-1;1-4(5-2)6-3;;;;/h3,6-7H,1-2,4-5H2;4H,1-3H3;3*1H;/q-1;;;;;+4/p-3. The third-order valence-corrected chi connectivity index (χ3v) is 2.81. The quantitative estimate of drug-likeness (QED) is 0.360. The van der Waals surface area contributed by atoms with Crippen LogP contribution in [0, 0.1) is 0 Å². The molecular formula is C13H21Cl3O2Zr. The predicted molar refractivity (Wildman–Crippen MR) is 62.2 cm³/mol. The molecule has 0 bridgehead atoms. The molecule has 2 rings (SSSR count). The Labute approximate surface area is 154 Å². The van der Waals surface area contributed by atoms with Crippen LogP contribution in [0.3, 0.4) is 0 Å². The summed E-state index contributed by atoms with van der Waals surface area (Å²) in [6, 6.07) is 6.69. The van der Waals surface area contributed by atoms with Gasteiger partial charge in [0.25, 0.3) is 0 Å². The average Bonchev–Trinajstić information content (AvgIpc) is 2.76. The fourth-order valence-electron chi connectivity index (χ4n) is 1.71. The van der Waals surface area contributed by atoms with Crippen LogP contribution in [0.2, 0.25) is 0 Å². The van der Waals surface area contributed by atoms with Crippen molar-refractivity contribution in [3.8, 4) is 0 Å². The van der Waals surface area contributed by atoms with Crippen molar-refractivity contribution in [1.82, 2.24) is 0 Å². The monoisotopic (exact) mass is 404 g/mol. The number of hydrogen-bond acceptors (Lipinski definition) is 2. The molecule has 0 radical (unpaired) electrons. The molecule has 2 nitrogen and oxygen atoms in total. The number of ether oxygens (including phenoxy) is 2. The Kier molecular flexibility index (Phi) is 25.4. The van der Waals surface area contributed by atoms with Crippen molar-refractivity contribution in [2.45, 2.75) is 38.9 Å². The van der Waals surface area contributed by atoms with E-state index in [0.29, 0.717) is 0 Å². The van der Waals surface area contributed by atoms with Crippen LogP contribution in [0.25, 0.3) is 0 Å². The van der Waals surface area contributed by atoms with Crippen LogP contribution in [0.15, 0.2) is 18.2 Å². The Balaban J connectivity index is -0.000000104. The molecule has 0 atom stereocenters. The number of fused-ring (bicyclic) bond motifs is 1. The Hall–Kier alpha value is 1.02. The van der Waals surface area contributed by atoms with E-state index in [1.54, 1.807) is 25.3 Å². The van der Waals surface area contributed by atoms with E-state index in [1.165, 1.54) is 25.7 Å². The first kappa shape index (κ1) is 28.2. The Morgan fingerprint density at radius 1 is 1.05 bits per heavy atom. The van der Waals surface area contributed by atoms with E-state index < -0.39 is 0 Å². The smallest absolute Gasteiger partial charge is 1.00 e. The van der Waals surface area contributed by atoms with Gasteiger partial charge in [0, 0.05) is 14.2 Å². The molecule has 0 saturated carbocycles. The van der Waals surface area contributed by atoms with Gasteiger partial charge in [0.2, 0.25) is 0 Å². The Morgan fingerprint density at radius 2 is 1.58 bits per heavy atom. The van der Waals surface area contributed by atoms with Gasteiger partial charge >= 0.3 is 26.2 Å². The van der Waals surface area contributed by atoms with Gasteiger partial charge in [-0.05, 0) is 6.92 Å². The normalized spacial score (nSPS) is 11.4. The van der Waals surface area contributed by atoms with Crippen molar-refractivity contribution in [3.05, 3.63) is 29.3 Å². The van der Waals surface area contributed by atoms with E-state index in [-0.39, 0.29) is 69.7 Å². The molecule has 0 fully saturated rings. The summed E-state index contributed by atoms with van der Waals surface area (Å²) in [7, 11) is 3.21. The second kappa shape index (κ2) is 17.1. The molecule has 6 heteroatoms. The SMILES string of the molecule is COC(C)OC.[Cl-].[Cl-].[Cl-].[Zr+4].c1cc2c([cH-]1)CCCC2. The van der Waals surface area contributed by atoms with Crippen molar-refractivity contribution < 1.29 is 72.9 Å². The molecular weight excluding hydrogens is 386 g/mol. The number of rotatable bonds is 2. The third kappa shape index (κ3) is 11.4. The van der Waals surface area contributed by atoms with Crippen molar-refractivity contribution in [3.63, 3.8) is 0 Å². The van der Waals surface area contributed by atoms with Gasteiger partial charge in [0.15, 0.2) is 6.29 Å². The van der Waals surface area contributed by atoms with Gasteiger partial charge in [0.1, 0.15) is 0 Å². The third-order valence-electron chi connectivity index (χ3n) is 2.81. The molecule has 1 aromatic carbocycles. The van der Waals surface area contributed by atoms with E-state index in [0.717, 1.165) is 0 Å². The summed E-state index contributed by atoms with van der Waals surface area (Å²) >= 11 is 0. The molecule has 0 N–H and O–H groups in total. The zero-order chi connectivity index (χ0) is 11.1. The number of halogens is 3. The van der Waals surface area contributed by atoms with Crippen LogP contribution in [0.5, 0.6) is 0 Å². The first-order valence-electron chi connectivity index (χ1n) is 5.57. The maximum absolute atomic E-state index is 4.68. The van der Waals surface area contributed by atoms with Crippen LogP contribution in [0.4, 0.5) is 0 Å². The molecule has 1 aliphatic rings. The van der Waals surface area contributed by atoms with E-state index >= 15 is 0 Å². The second-order valence-electron chi connectivity index (χ2n) is 3.82. The maximum Gasteiger partial charge on any atom is 4.00 e. The summed E-state index contributed by atoms with van der Waals surface area (Å²) in [4.78, 5) is 0. The van der Waals surface area contributed by atoms with E-state index in [1.807, 2.05) is 6.92 Å². The van der Waals surface area contributed by atoms with Crippen molar-refractivity contribution in [1.29, 1.82) is 0 Å². The number of methoxy groups -OCH3 is 2. The average molecular weight is 407 g/mol. The van der Waals surface area contributed by atoms with Crippen LogP contribution in [-0.2, 0) is 48.5 Å². The second-order valence-corrected chi connectivity index (χ2v) is 3.82. The molecule has 0 spiro atoms. The van der Waals surface area contributed by atoms with E-state index in [2.05, 4.69) is 27.7 Å². The number of aryl methyl sites for hydroxylation is 2. The molecule has 19 heavy (non-hydrogen) atoms. The molecule has 0 aliphatic heterocycles. The molecule has 1 aromatic rings. The van der Waals surface area contributed by atoms with Gasteiger partial charge in [-0.25, -0.2) is 6.07 Å². The van der Waals surface area contributed by atoms with Crippen LogP contribution < -0.4 is 37.2 Å². The molecule has 110 valence electrons. The van der Waals surface area contributed by atoms with Crippen LogP contribution in [0.1, 0.15) is 30.9 Å². The van der Waals surface area contributed by atoms with Crippen molar-refractivity contribution in [2.75, 3.05) is 14.2 Å². The molecule has 0 amide bonds. The minimum absolute atomic E-state index is 0. The summed E-state index contributed by atoms with van der Waals surface area (Å²) in [5.74, 6) is 0. The van der Waals surface area contributed by atoms with Gasteiger partial charge in [0.05, 0.1) is 0 Å². The summed E-state index contributed by atoms with van der Waals surface area (Å²) in [6.07, 6.45) is 5.38. The van der Waals surface area contributed by atoms with Crippen molar-refractivity contribution in [2.24, 2.45) is 0 Å². The molecule has 1 aliphatic carbocycles. The summed E-state index contributed by atoms with van der Waals surface area (Å²) in [5.41, 5.74) is 3.20. The summed E-state index contributed by atoms with van der Waals surface area (Å²) in [5, 5.41) is 0. The molecule has 0 aromatic heterocycles.